The molecule has 7 nitrogen and oxygen atoms in total. The van der Waals surface area contributed by atoms with Gasteiger partial charge < -0.3 is 25.4 Å². The van der Waals surface area contributed by atoms with Gasteiger partial charge in [-0.2, -0.15) is 0 Å². The Morgan fingerprint density at radius 2 is 1.50 bits per heavy atom. The predicted octanol–water partition coefficient (Wildman–Crippen LogP) is 2.82. The van der Waals surface area contributed by atoms with Crippen LogP contribution in [0.2, 0.25) is 0 Å². The third-order valence-electron chi connectivity index (χ3n) is 4.06. The Bertz CT molecular complexity index is 791. The summed E-state index contributed by atoms with van der Waals surface area (Å²) >= 11 is 0. The van der Waals surface area contributed by atoms with Crippen LogP contribution in [0.3, 0.4) is 0 Å². The highest BCUT2D eigenvalue weighted by Crippen LogP contribution is 2.27. The van der Waals surface area contributed by atoms with Crippen molar-refractivity contribution < 1.29 is 19.1 Å². The van der Waals surface area contributed by atoms with E-state index in [4.69, 9.17) is 9.47 Å². The summed E-state index contributed by atoms with van der Waals surface area (Å²) in [5.41, 5.74) is 2.53. The zero-order valence-electron chi connectivity index (χ0n) is 16.5. The number of methoxy groups -OCH3 is 2. The number of hydrogen-bond donors (Lipinski definition) is 3. The van der Waals surface area contributed by atoms with Crippen LogP contribution < -0.4 is 25.4 Å². The number of ether oxygens (including phenoxy) is 2. The minimum absolute atomic E-state index is 0.0640. The summed E-state index contributed by atoms with van der Waals surface area (Å²) in [5.74, 6) is 1.23. The minimum Gasteiger partial charge on any atom is -0.493 e. The average Bonchev–Trinajstić information content (AvgIpc) is 2.68. The van der Waals surface area contributed by atoms with Crippen LogP contribution in [0, 0.1) is 0 Å². The maximum atomic E-state index is 12.0. The van der Waals surface area contributed by atoms with Crippen molar-refractivity contribution in [1.29, 1.82) is 0 Å². The number of carbonyl (C=O) groups is 2. The van der Waals surface area contributed by atoms with Crippen LogP contribution in [0.5, 0.6) is 11.5 Å². The lowest BCUT2D eigenvalue weighted by Crippen LogP contribution is -2.23. The van der Waals surface area contributed by atoms with E-state index in [0.29, 0.717) is 35.8 Å². The smallest absolute Gasteiger partial charge is 0.225 e. The monoisotopic (exact) mass is 385 g/mol. The zero-order chi connectivity index (χ0) is 20.4. The first kappa shape index (κ1) is 21.2. The maximum absolute atomic E-state index is 12.0. The molecule has 2 rings (SSSR count). The Hall–Kier alpha value is -3.06. The molecule has 0 heterocycles. The fraction of sp³-hybridized carbons (Fsp3) is 0.333. The minimum atomic E-state index is -0.129. The van der Waals surface area contributed by atoms with Crippen molar-refractivity contribution >= 4 is 23.2 Å². The van der Waals surface area contributed by atoms with Crippen LogP contribution in [0.1, 0.15) is 18.9 Å². The summed E-state index contributed by atoms with van der Waals surface area (Å²) < 4.78 is 10.5. The Balaban J connectivity index is 1.68. The van der Waals surface area contributed by atoms with Gasteiger partial charge in [0, 0.05) is 31.3 Å². The largest absolute Gasteiger partial charge is 0.493 e. The fourth-order valence-corrected chi connectivity index (χ4v) is 2.66. The third kappa shape index (κ3) is 6.92. The molecule has 0 radical (unpaired) electrons. The Kier molecular flexibility index (Phi) is 8.30. The van der Waals surface area contributed by atoms with Crippen LogP contribution in [0.25, 0.3) is 0 Å². The van der Waals surface area contributed by atoms with E-state index in [-0.39, 0.29) is 11.8 Å². The first-order valence-corrected chi connectivity index (χ1v) is 9.11. The van der Waals surface area contributed by atoms with Gasteiger partial charge in [-0.3, -0.25) is 9.59 Å². The molecule has 2 amide bonds. The van der Waals surface area contributed by atoms with Crippen molar-refractivity contribution in [2.75, 3.05) is 37.9 Å². The van der Waals surface area contributed by atoms with Crippen LogP contribution in [-0.4, -0.2) is 39.1 Å². The molecule has 0 aromatic heterocycles. The molecule has 0 saturated carbocycles. The van der Waals surface area contributed by atoms with Gasteiger partial charge in [0.1, 0.15) is 0 Å². The van der Waals surface area contributed by atoms with Crippen LogP contribution in [-0.2, 0) is 16.0 Å². The van der Waals surface area contributed by atoms with Gasteiger partial charge in [0.15, 0.2) is 11.5 Å². The first-order valence-electron chi connectivity index (χ1n) is 9.11. The van der Waals surface area contributed by atoms with Gasteiger partial charge in [-0.05, 0) is 54.9 Å². The lowest BCUT2D eigenvalue weighted by Gasteiger charge is -2.10. The van der Waals surface area contributed by atoms with Crippen molar-refractivity contribution in [3.05, 3.63) is 48.0 Å². The SMILES string of the molecule is COc1ccc(CCNCCC(=O)Nc2ccc(NC(C)=O)cc2)cc1OC. The van der Waals surface area contributed by atoms with Gasteiger partial charge in [0.25, 0.3) is 0 Å². The zero-order valence-corrected chi connectivity index (χ0v) is 16.5. The van der Waals surface area contributed by atoms with Crippen molar-refractivity contribution in [1.82, 2.24) is 5.32 Å². The lowest BCUT2D eigenvalue weighted by atomic mass is 10.1. The van der Waals surface area contributed by atoms with Crippen molar-refractivity contribution in [2.24, 2.45) is 0 Å². The van der Waals surface area contributed by atoms with Crippen LogP contribution >= 0.6 is 0 Å². The molecular weight excluding hydrogens is 358 g/mol. The Labute approximate surface area is 165 Å². The summed E-state index contributed by atoms with van der Waals surface area (Å²) in [6.07, 6.45) is 1.20. The van der Waals surface area contributed by atoms with E-state index in [0.717, 1.165) is 18.5 Å². The van der Waals surface area contributed by atoms with Gasteiger partial charge in [0.2, 0.25) is 11.8 Å². The molecule has 150 valence electrons. The van der Waals surface area contributed by atoms with E-state index >= 15 is 0 Å². The average molecular weight is 385 g/mol. The number of hydrogen-bond acceptors (Lipinski definition) is 5. The van der Waals surface area contributed by atoms with Crippen LogP contribution in [0.4, 0.5) is 11.4 Å². The standard InChI is InChI=1S/C21H27N3O4/c1-15(25)23-17-5-7-18(8-6-17)24-21(26)11-13-22-12-10-16-4-9-19(27-2)20(14-16)28-3/h4-9,14,22H,10-13H2,1-3H3,(H,23,25)(H,24,26). The quantitative estimate of drug-likeness (QED) is 0.547. The number of amides is 2. The number of rotatable bonds is 10. The molecular formula is C21H27N3O4. The van der Waals surface area contributed by atoms with Gasteiger partial charge in [0.05, 0.1) is 14.2 Å². The molecule has 0 unspecified atom stereocenters. The summed E-state index contributed by atoms with van der Waals surface area (Å²) in [5, 5.41) is 8.79. The summed E-state index contributed by atoms with van der Waals surface area (Å²) in [4.78, 5) is 23.0. The van der Waals surface area contributed by atoms with Crippen molar-refractivity contribution in [2.45, 2.75) is 19.8 Å². The highest BCUT2D eigenvalue weighted by atomic mass is 16.5. The Morgan fingerprint density at radius 3 is 2.11 bits per heavy atom. The molecule has 28 heavy (non-hydrogen) atoms. The molecule has 0 aliphatic rings. The molecule has 0 atom stereocenters. The molecule has 7 heteroatoms. The predicted molar refractivity (Wildman–Crippen MR) is 110 cm³/mol. The lowest BCUT2D eigenvalue weighted by molar-refractivity contribution is -0.116. The fourth-order valence-electron chi connectivity index (χ4n) is 2.66. The highest BCUT2D eigenvalue weighted by molar-refractivity contribution is 5.92. The maximum Gasteiger partial charge on any atom is 0.225 e. The second kappa shape index (κ2) is 10.9. The summed E-state index contributed by atoms with van der Waals surface area (Å²) in [6, 6.07) is 12.9. The molecule has 2 aromatic carbocycles. The molecule has 0 saturated heterocycles. The van der Waals surface area contributed by atoms with E-state index in [9.17, 15) is 9.59 Å². The van der Waals surface area contributed by atoms with Gasteiger partial charge >= 0.3 is 0 Å². The van der Waals surface area contributed by atoms with Crippen LogP contribution in [0.15, 0.2) is 42.5 Å². The van der Waals surface area contributed by atoms with Gasteiger partial charge in [-0.1, -0.05) is 6.07 Å². The number of benzene rings is 2. The van der Waals surface area contributed by atoms with Crippen molar-refractivity contribution in [3.8, 4) is 11.5 Å². The van der Waals surface area contributed by atoms with E-state index < -0.39 is 0 Å². The molecule has 0 fully saturated rings. The molecule has 3 N–H and O–H groups in total. The number of anilines is 2. The van der Waals surface area contributed by atoms with Crippen molar-refractivity contribution in [3.63, 3.8) is 0 Å². The third-order valence-corrected chi connectivity index (χ3v) is 4.06. The van der Waals surface area contributed by atoms with E-state index in [1.165, 1.54) is 6.92 Å². The van der Waals surface area contributed by atoms with E-state index in [1.54, 1.807) is 38.5 Å². The molecule has 0 spiro atoms. The van der Waals surface area contributed by atoms with Gasteiger partial charge in [-0.25, -0.2) is 0 Å². The second-order valence-electron chi connectivity index (χ2n) is 6.25. The number of nitrogens with one attached hydrogen (secondary N) is 3. The summed E-state index contributed by atoms with van der Waals surface area (Å²) in [7, 11) is 3.23. The highest BCUT2D eigenvalue weighted by Gasteiger charge is 2.05. The Morgan fingerprint density at radius 1 is 0.857 bits per heavy atom. The normalized spacial score (nSPS) is 10.2. The molecule has 0 aliphatic heterocycles. The topological polar surface area (TPSA) is 88.7 Å². The van der Waals surface area contributed by atoms with E-state index in [2.05, 4.69) is 16.0 Å². The molecule has 0 bridgehead atoms. The first-order chi connectivity index (χ1) is 13.5. The molecule has 2 aromatic rings. The number of carbonyl (C=O) groups excluding carboxylic acids is 2. The second-order valence-corrected chi connectivity index (χ2v) is 6.25. The molecule has 0 aliphatic carbocycles. The van der Waals surface area contributed by atoms with E-state index in [1.807, 2.05) is 18.2 Å². The summed E-state index contributed by atoms with van der Waals surface area (Å²) in [6.45, 7) is 2.80. The van der Waals surface area contributed by atoms with Gasteiger partial charge in [-0.15, -0.1) is 0 Å².